The fourth-order valence-corrected chi connectivity index (χ4v) is 0.907. The highest BCUT2D eigenvalue weighted by Crippen LogP contribution is 2.05. The van der Waals surface area contributed by atoms with Gasteiger partial charge in [0.15, 0.2) is 0 Å². The number of hydrogen-bond donors (Lipinski definition) is 1. The van der Waals surface area contributed by atoms with Crippen molar-refractivity contribution in [3.8, 4) is 0 Å². The zero-order chi connectivity index (χ0) is 9.52. The molecule has 0 heterocycles. The first-order chi connectivity index (χ1) is 6.33. The Labute approximate surface area is 83.8 Å². The van der Waals surface area contributed by atoms with Crippen molar-refractivity contribution in [2.75, 3.05) is 18.0 Å². The predicted molar refractivity (Wildman–Crippen MR) is 55.9 cm³/mol. The van der Waals surface area contributed by atoms with E-state index in [1.165, 1.54) is 0 Å². The summed E-state index contributed by atoms with van der Waals surface area (Å²) in [6.45, 7) is 2.66. The van der Waals surface area contributed by atoms with E-state index < -0.39 is 0 Å². The molecule has 1 atom stereocenters. The number of rotatable bonds is 5. The summed E-state index contributed by atoms with van der Waals surface area (Å²) in [5.41, 5.74) is 3.81. The molecule has 1 N–H and O–H groups in total. The van der Waals surface area contributed by atoms with Crippen LogP contribution in [0.25, 0.3) is 0 Å². The fourth-order valence-electron chi connectivity index (χ4n) is 0.818. The molecule has 0 fully saturated rings. The predicted octanol–water partition coefficient (Wildman–Crippen LogP) is 2.91. The van der Waals surface area contributed by atoms with E-state index in [9.17, 15) is 0 Å². The number of nitrogens with one attached hydrogen (secondary N) is 1. The van der Waals surface area contributed by atoms with E-state index in [-0.39, 0.29) is 0 Å². The smallest absolute Gasteiger partial charge is 0.0782 e. The van der Waals surface area contributed by atoms with Gasteiger partial charge in [-0.1, -0.05) is 25.1 Å². The molecule has 0 spiro atoms. The summed E-state index contributed by atoms with van der Waals surface area (Å²) >= 11 is 5.63. The van der Waals surface area contributed by atoms with Crippen LogP contribution in [0.2, 0.25) is 0 Å². The Kier molecular flexibility index (Phi) is 4.65. The summed E-state index contributed by atoms with van der Waals surface area (Å²) in [6.07, 6.45) is 0. The van der Waals surface area contributed by atoms with Crippen molar-refractivity contribution in [3.63, 3.8) is 0 Å². The van der Waals surface area contributed by atoms with Crippen molar-refractivity contribution in [1.29, 1.82) is 0 Å². The first kappa shape index (κ1) is 10.4. The Balaban J connectivity index is 2.20. The summed E-state index contributed by atoms with van der Waals surface area (Å²) in [6, 6.07) is 9.77. The van der Waals surface area contributed by atoms with Crippen LogP contribution in [0.3, 0.4) is 0 Å². The first-order valence-electron chi connectivity index (χ1n) is 4.31. The van der Waals surface area contributed by atoms with Gasteiger partial charge in [0.1, 0.15) is 0 Å². The lowest BCUT2D eigenvalue weighted by atomic mass is 10.2. The maximum Gasteiger partial charge on any atom is 0.0782 e. The Hall–Kier alpha value is -0.730. The number of benzene rings is 1. The third kappa shape index (κ3) is 4.15. The maximum atomic E-state index is 5.63. The topological polar surface area (TPSA) is 21.3 Å². The molecular formula is C10H14ClNO. The molecule has 0 aliphatic heterocycles. The molecule has 0 aromatic heterocycles. The van der Waals surface area contributed by atoms with Gasteiger partial charge >= 0.3 is 0 Å². The van der Waals surface area contributed by atoms with Crippen LogP contribution in [0.15, 0.2) is 30.3 Å². The van der Waals surface area contributed by atoms with Crippen LogP contribution in [0.4, 0.5) is 5.69 Å². The Morgan fingerprint density at radius 2 is 2.08 bits per heavy atom. The second kappa shape index (κ2) is 5.84. The van der Waals surface area contributed by atoms with E-state index in [1.54, 1.807) is 0 Å². The van der Waals surface area contributed by atoms with E-state index in [0.29, 0.717) is 18.4 Å². The number of para-hydroxylation sites is 1. The fraction of sp³-hybridized carbons (Fsp3) is 0.400. The average Bonchev–Trinajstić information content (AvgIpc) is 2.19. The van der Waals surface area contributed by atoms with Crippen LogP contribution in [0, 0.1) is 5.92 Å². The third-order valence-electron chi connectivity index (χ3n) is 1.60. The molecule has 0 saturated carbocycles. The molecule has 72 valence electrons. The summed E-state index contributed by atoms with van der Waals surface area (Å²) in [4.78, 5) is 5.24. The lowest BCUT2D eigenvalue weighted by Gasteiger charge is -2.09. The molecule has 0 aliphatic rings. The average molecular weight is 200 g/mol. The van der Waals surface area contributed by atoms with Gasteiger partial charge in [-0.25, -0.2) is 0 Å². The van der Waals surface area contributed by atoms with Gasteiger partial charge in [0.2, 0.25) is 0 Å². The summed E-state index contributed by atoms with van der Waals surface area (Å²) in [5.74, 6) is 0.995. The molecule has 0 radical (unpaired) electrons. The number of halogens is 1. The van der Waals surface area contributed by atoms with Crippen molar-refractivity contribution in [3.05, 3.63) is 30.3 Å². The lowest BCUT2D eigenvalue weighted by Crippen LogP contribution is -2.11. The number of hydrogen-bond acceptors (Lipinski definition) is 2. The highest BCUT2D eigenvalue weighted by Gasteiger charge is 1.99. The Morgan fingerprint density at radius 3 is 2.69 bits per heavy atom. The van der Waals surface area contributed by atoms with Crippen molar-refractivity contribution < 1.29 is 4.84 Å². The zero-order valence-electron chi connectivity index (χ0n) is 7.66. The molecule has 0 aliphatic carbocycles. The minimum absolute atomic E-state index is 0.373. The first-order valence-corrected chi connectivity index (χ1v) is 4.85. The molecule has 1 unspecified atom stereocenters. The van der Waals surface area contributed by atoms with E-state index in [0.717, 1.165) is 5.69 Å². The molecule has 2 nitrogen and oxygen atoms in total. The van der Waals surface area contributed by atoms with Gasteiger partial charge in [-0.2, -0.15) is 0 Å². The lowest BCUT2D eigenvalue weighted by molar-refractivity contribution is 0.164. The molecule has 1 rings (SSSR count). The summed E-state index contributed by atoms with van der Waals surface area (Å²) in [7, 11) is 0. The Morgan fingerprint density at radius 1 is 1.38 bits per heavy atom. The second-order valence-corrected chi connectivity index (χ2v) is 3.35. The van der Waals surface area contributed by atoms with E-state index >= 15 is 0 Å². The molecule has 1 aromatic carbocycles. The van der Waals surface area contributed by atoms with Gasteiger partial charge in [-0.3, -0.25) is 10.3 Å². The largest absolute Gasteiger partial charge is 0.276 e. The molecule has 3 heteroatoms. The van der Waals surface area contributed by atoms with Crippen LogP contribution < -0.4 is 5.48 Å². The summed E-state index contributed by atoms with van der Waals surface area (Å²) < 4.78 is 0. The van der Waals surface area contributed by atoms with Crippen LogP contribution in [-0.2, 0) is 4.84 Å². The molecular weight excluding hydrogens is 186 g/mol. The molecule has 1 aromatic rings. The molecule has 13 heavy (non-hydrogen) atoms. The Bertz CT molecular complexity index is 228. The molecule has 0 saturated heterocycles. The van der Waals surface area contributed by atoms with Gasteiger partial charge in [-0.05, 0) is 18.1 Å². The van der Waals surface area contributed by atoms with Crippen LogP contribution in [0.1, 0.15) is 6.92 Å². The van der Waals surface area contributed by atoms with E-state index in [1.807, 2.05) is 37.3 Å². The molecule has 0 amide bonds. The van der Waals surface area contributed by atoms with Gasteiger partial charge < -0.3 is 0 Å². The monoisotopic (exact) mass is 199 g/mol. The SMILES string of the molecule is CC(CCl)CONc1ccccc1. The highest BCUT2D eigenvalue weighted by molar-refractivity contribution is 6.18. The highest BCUT2D eigenvalue weighted by atomic mass is 35.5. The minimum atomic E-state index is 0.373. The third-order valence-corrected chi connectivity index (χ3v) is 2.12. The second-order valence-electron chi connectivity index (χ2n) is 3.04. The van der Waals surface area contributed by atoms with Gasteiger partial charge in [0.05, 0.1) is 12.3 Å². The van der Waals surface area contributed by atoms with Crippen molar-refractivity contribution in [2.24, 2.45) is 5.92 Å². The minimum Gasteiger partial charge on any atom is -0.276 e. The van der Waals surface area contributed by atoms with Crippen LogP contribution >= 0.6 is 11.6 Å². The van der Waals surface area contributed by atoms with E-state index in [2.05, 4.69) is 5.48 Å². The van der Waals surface area contributed by atoms with Crippen molar-refractivity contribution >= 4 is 17.3 Å². The number of alkyl halides is 1. The van der Waals surface area contributed by atoms with Crippen LogP contribution in [0.5, 0.6) is 0 Å². The normalized spacial score (nSPS) is 12.5. The maximum absolute atomic E-state index is 5.63. The van der Waals surface area contributed by atoms with Gasteiger partial charge in [0, 0.05) is 5.88 Å². The van der Waals surface area contributed by atoms with Crippen molar-refractivity contribution in [1.82, 2.24) is 0 Å². The summed E-state index contributed by atoms with van der Waals surface area (Å²) in [5, 5.41) is 0. The quantitative estimate of drug-likeness (QED) is 0.582. The van der Waals surface area contributed by atoms with Crippen LogP contribution in [-0.4, -0.2) is 12.5 Å². The number of anilines is 1. The zero-order valence-corrected chi connectivity index (χ0v) is 8.42. The van der Waals surface area contributed by atoms with Crippen molar-refractivity contribution in [2.45, 2.75) is 6.92 Å². The van der Waals surface area contributed by atoms with Gasteiger partial charge in [-0.15, -0.1) is 11.6 Å². The standard InChI is InChI=1S/C10H14ClNO/c1-9(7-11)8-13-12-10-5-3-2-4-6-10/h2-6,9,12H,7-8H2,1H3. The van der Waals surface area contributed by atoms with Gasteiger partial charge in [0.25, 0.3) is 0 Å². The van der Waals surface area contributed by atoms with E-state index in [4.69, 9.17) is 16.4 Å². The molecule has 0 bridgehead atoms.